The summed E-state index contributed by atoms with van der Waals surface area (Å²) in [5.41, 5.74) is 0.414. The first-order valence-corrected chi connectivity index (χ1v) is 7.83. The summed E-state index contributed by atoms with van der Waals surface area (Å²) in [6, 6.07) is 12.0. The zero-order chi connectivity index (χ0) is 18.2. The number of aliphatic hydroxyl groups excluding tert-OH is 1. The van der Waals surface area contributed by atoms with E-state index in [1.807, 2.05) is 6.07 Å². The van der Waals surface area contributed by atoms with Gasteiger partial charge in [0.25, 0.3) is 5.91 Å². The topological polar surface area (TPSA) is 103 Å². The number of hydrogen-bond acceptors (Lipinski definition) is 5. The van der Waals surface area contributed by atoms with Gasteiger partial charge in [0.05, 0.1) is 17.7 Å². The van der Waals surface area contributed by atoms with E-state index >= 15 is 0 Å². The number of phenolic OH excluding ortho intramolecular Hbond substituents is 1. The molecule has 0 unspecified atom stereocenters. The molecule has 1 aliphatic heterocycles. The quantitative estimate of drug-likeness (QED) is 0.779. The number of rotatable bonds is 2. The Labute approximate surface area is 145 Å². The molecule has 3 N–H and O–H groups in total. The molecule has 0 saturated carbocycles. The van der Waals surface area contributed by atoms with Crippen molar-refractivity contribution in [2.45, 2.75) is 31.6 Å². The normalized spacial score (nSPS) is 20.7. The summed E-state index contributed by atoms with van der Waals surface area (Å²) >= 11 is 0. The van der Waals surface area contributed by atoms with Crippen molar-refractivity contribution >= 4 is 5.91 Å². The maximum atomic E-state index is 12.5. The highest BCUT2D eigenvalue weighted by molar-refractivity contribution is 5.94. The number of nitriles is 1. The predicted molar refractivity (Wildman–Crippen MR) is 90.2 cm³/mol. The van der Waals surface area contributed by atoms with Crippen molar-refractivity contribution in [2.75, 3.05) is 0 Å². The van der Waals surface area contributed by atoms with Gasteiger partial charge in [-0.2, -0.15) is 5.26 Å². The summed E-state index contributed by atoms with van der Waals surface area (Å²) in [5, 5.41) is 31.9. The Hall–Kier alpha value is -3.04. The lowest BCUT2D eigenvalue weighted by Gasteiger charge is -2.42. The number of benzene rings is 2. The number of aliphatic hydroxyl groups is 1. The summed E-state index contributed by atoms with van der Waals surface area (Å²) < 4.78 is 5.82. The molecule has 0 bridgehead atoms. The van der Waals surface area contributed by atoms with Crippen LogP contribution in [-0.2, 0) is 0 Å². The van der Waals surface area contributed by atoms with Crippen LogP contribution in [0.25, 0.3) is 0 Å². The standard InChI is InChI=1S/C19H18N2O4/c1-19(2)17(23)16(14-9-11(10-20)3-8-15(14)25-19)21-18(24)12-4-6-13(22)7-5-12/h3-9,16-17,22-23H,1-2H3,(H,21,24)/t16-,17+/m0/s1. The van der Waals surface area contributed by atoms with Crippen molar-refractivity contribution in [1.29, 1.82) is 5.26 Å². The number of carbonyl (C=O) groups excluding carboxylic acids is 1. The second kappa shape index (κ2) is 6.11. The zero-order valence-corrected chi connectivity index (χ0v) is 13.9. The number of nitrogens with one attached hydrogen (secondary N) is 1. The van der Waals surface area contributed by atoms with Crippen molar-refractivity contribution in [1.82, 2.24) is 5.32 Å². The molecule has 0 spiro atoms. The molecule has 3 rings (SSSR count). The van der Waals surface area contributed by atoms with Gasteiger partial charge in [-0.15, -0.1) is 0 Å². The highest BCUT2D eigenvalue weighted by atomic mass is 16.5. The Morgan fingerprint density at radius 3 is 2.56 bits per heavy atom. The van der Waals surface area contributed by atoms with Gasteiger partial charge in [0.15, 0.2) is 0 Å². The molecule has 1 aliphatic rings. The van der Waals surface area contributed by atoms with Crippen LogP contribution >= 0.6 is 0 Å². The number of aromatic hydroxyl groups is 1. The van der Waals surface area contributed by atoms with Gasteiger partial charge < -0.3 is 20.3 Å². The van der Waals surface area contributed by atoms with Gasteiger partial charge in [-0.05, 0) is 56.3 Å². The Balaban J connectivity index is 1.97. The number of amides is 1. The number of nitrogens with zero attached hydrogens (tertiary/aromatic N) is 1. The Morgan fingerprint density at radius 1 is 1.24 bits per heavy atom. The second-order valence-electron chi connectivity index (χ2n) is 6.51. The predicted octanol–water partition coefficient (Wildman–Crippen LogP) is 2.27. The van der Waals surface area contributed by atoms with Crippen molar-refractivity contribution in [2.24, 2.45) is 0 Å². The Bertz CT molecular complexity index is 853. The van der Waals surface area contributed by atoms with Gasteiger partial charge in [-0.25, -0.2) is 0 Å². The number of phenols is 1. The minimum atomic E-state index is -1.00. The lowest BCUT2D eigenvalue weighted by atomic mass is 9.85. The molecular formula is C19H18N2O4. The van der Waals surface area contributed by atoms with Gasteiger partial charge in [-0.1, -0.05) is 0 Å². The highest BCUT2D eigenvalue weighted by Gasteiger charge is 2.43. The van der Waals surface area contributed by atoms with Crippen LogP contribution < -0.4 is 10.1 Å². The van der Waals surface area contributed by atoms with Gasteiger partial charge >= 0.3 is 0 Å². The lowest BCUT2D eigenvalue weighted by Crippen LogP contribution is -2.53. The van der Waals surface area contributed by atoms with E-state index < -0.39 is 23.7 Å². The number of ether oxygens (including phenoxy) is 1. The average Bonchev–Trinajstić information content (AvgIpc) is 2.59. The van der Waals surface area contributed by atoms with Gasteiger partial charge in [0, 0.05) is 11.1 Å². The van der Waals surface area contributed by atoms with E-state index in [9.17, 15) is 15.0 Å². The number of carbonyl (C=O) groups is 1. The molecule has 1 heterocycles. The van der Waals surface area contributed by atoms with Crippen molar-refractivity contribution in [3.63, 3.8) is 0 Å². The van der Waals surface area contributed by atoms with Crippen LogP contribution in [0.4, 0.5) is 0 Å². The van der Waals surface area contributed by atoms with Crippen LogP contribution in [0, 0.1) is 11.3 Å². The Kier molecular flexibility index (Phi) is 4.11. The molecule has 1 amide bonds. The molecule has 0 aromatic heterocycles. The molecule has 2 aromatic carbocycles. The van der Waals surface area contributed by atoms with Crippen LogP contribution in [-0.4, -0.2) is 27.8 Å². The molecule has 128 valence electrons. The summed E-state index contributed by atoms with van der Waals surface area (Å²) in [6.45, 7) is 3.47. The first kappa shape index (κ1) is 16.8. The summed E-state index contributed by atoms with van der Waals surface area (Å²) in [7, 11) is 0. The number of fused-ring (bicyclic) bond motifs is 1. The molecule has 2 atom stereocenters. The zero-order valence-electron chi connectivity index (χ0n) is 13.9. The molecule has 0 aliphatic carbocycles. The van der Waals surface area contributed by atoms with Crippen LogP contribution in [0.5, 0.6) is 11.5 Å². The summed E-state index contributed by atoms with van der Waals surface area (Å²) in [5.74, 6) is 0.188. The van der Waals surface area contributed by atoms with Crippen LogP contribution in [0.2, 0.25) is 0 Å². The molecule has 0 saturated heterocycles. The maximum absolute atomic E-state index is 12.5. The monoisotopic (exact) mass is 338 g/mol. The largest absolute Gasteiger partial charge is 0.508 e. The van der Waals surface area contributed by atoms with Gasteiger partial charge in [0.2, 0.25) is 0 Å². The van der Waals surface area contributed by atoms with Gasteiger partial charge in [0.1, 0.15) is 23.2 Å². The molecule has 2 aromatic rings. The maximum Gasteiger partial charge on any atom is 0.251 e. The van der Waals surface area contributed by atoms with E-state index in [1.165, 1.54) is 24.3 Å². The van der Waals surface area contributed by atoms with E-state index in [4.69, 9.17) is 10.00 Å². The molecular weight excluding hydrogens is 320 g/mol. The molecule has 6 heteroatoms. The minimum absolute atomic E-state index is 0.0628. The summed E-state index contributed by atoms with van der Waals surface area (Å²) in [6.07, 6.45) is -1.00. The number of hydrogen-bond donors (Lipinski definition) is 3. The minimum Gasteiger partial charge on any atom is -0.508 e. The third-order valence-corrected chi connectivity index (χ3v) is 4.29. The second-order valence-corrected chi connectivity index (χ2v) is 6.51. The fourth-order valence-corrected chi connectivity index (χ4v) is 2.86. The fourth-order valence-electron chi connectivity index (χ4n) is 2.86. The van der Waals surface area contributed by atoms with Crippen molar-refractivity contribution < 1.29 is 19.7 Å². The molecule has 25 heavy (non-hydrogen) atoms. The average molecular weight is 338 g/mol. The smallest absolute Gasteiger partial charge is 0.251 e. The summed E-state index contributed by atoms with van der Waals surface area (Å²) in [4.78, 5) is 12.5. The van der Waals surface area contributed by atoms with Gasteiger partial charge in [-0.3, -0.25) is 4.79 Å². The fraction of sp³-hybridized carbons (Fsp3) is 0.263. The van der Waals surface area contributed by atoms with Crippen LogP contribution in [0.1, 0.15) is 41.4 Å². The van der Waals surface area contributed by atoms with Crippen LogP contribution in [0.15, 0.2) is 42.5 Å². The Morgan fingerprint density at radius 2 is 1.92 bits per heavy atom. The third kappa shape index (κ3) is 3.14. The molecule has 0 fully saturated rings. The highest BCUT2D eigenvalue weighted by Crippen LogP contribution is 2.40. The lowest BCUT2D eigenvalue weighted by molar-refractivity contribution is -0.0627. The third-order valence-electron chi connectivity index (χ3n) is 4.29. The van der Waals surface area contributed by atoms with E-state index in [0.29, 0.717) is 22.4 Å². The van der Waals surface area contributed by atoms with Crippen LogP contribution in [0.3, 0.4) is 0 Å². The first-order valence-electron chi connectivity index (χ1n) is 7.83. The van der Waals surface area contributed by atoms with E-state index in [1.54, 1.807) is 32.0 Å². The van der Waals surface area contributed by atoms with Crippen molar-refractivity contribution in [3.05, 3.63) is 59.2 Å². The molecule has 6 nitrogen and oxygen atoms in total. The first-order chi connectivity index (χ1) is 11.8. The van der Waals surface area contributed by atoms with Crippen molar-refractivity contribution in [3.8, 4) is 17.6 Å². The van der Waals surface area contributed by atoms with E-state index in [0.717, 1.165) is 0 Å². The van der Waals surface area contributed by atoms with E-state index in [-0.39, 0.29) is 5.75 Å². The SMILES string of the molecule is CC1(C)Oc2ccc(C#N)cc2[C@H](NC(=O)c2ccc(O)cc2)[C@H]1O. The van der Waals surface area contributed by atoms with E-state index in [2.05, 4.69) is 5.32 Å². The molecule has 0 radical (unpaired) electrons.